The largest absolute Gasteiger partial charge is 0.497 e. The lowest BCUT2D eigenvalue weighted by molar-refractivity contribution is 0.415. The number of para-hydroxylation sites is 1. The Morgan fingerprint density at radius 1 is 1.07 bits per heavy atom. The van der Waals surface area contributed by atoms with Crippen LogP contribution in [0.3, 0.4) is 0 Å². The lowest BCUT2D eigenvalue weighted by Gasteiger charge is -2.10. The predicted molar refractivity (Wildman–Crippen MR) is 114 cm³/mol. The van der Waals surface area contributed by atoms with Crippen molar-refractivity contribution in [2.24, 2.45) is 0 Å². The summed E-state index contributed by atoms with van der Waals surface area (Å²) in [6.07, 6.45) is 0. The summed E-state index contributed by atoms with van der Waals surface area (Å²) >= 11 is 3.04. The Balaban J connectivity index is 1.45. The van der Waals surface area contributed by atoms with Crippen molar-refractivity contribution in [2.75, 3.05) is 12.4 Å². The summed E-state index contributed by atoms with van der Waals surface area (Å²) in [5.41, 5.74) is 4.18. The third kappa shape index (κ3) is 4.38. The van der Waals surface area contributed by atoms with Gasteiger partial charge in [0.25, 0.3) is 0 Å². The molecule has 0 bridgehead atoms. The highest BCUT2D eigenvalue weighted by Crippen LogP contribution is 2.31. The number of nitrogens with one attached hydrogen (secondary N) is 1. The molecular formula is C19H19N7OS2. The molecule has 0 aliphatic heterocycles. The molecule has 0 fully saturated rings. The predicted octanol–water partition coefficient (Wildman–Crippen LogP) is 4.18. The van der Waals surface area contributed by atoms with Gasteiger partial charge in [0, 0.05) is 11.8 Å². The van der Waals surface area contributed by atoms with Crippen molar-refractivity contribution in [3.8, 4) is 11.4 Å². The zero-order chi connectivity index (χ0) is 20.2. The van der Waals surface area contributed by atoms with Crippen molar-refractivity contribution < 1.29 is 4.74 Å². The summed E-state index contributed by atoms with van der Waals surface area (Å²) in [4.78, 5) is 0. The fourth-order valence-corrected chi connectivity index (χ4v) is 4.56. The second kappa shape index (κ2) is 8.58. The minimum Gasteiger partial charge on any atom is -0.497 e. The molecule has 2 heterocycles. The molecule has 0 unspecified atom stereocenters. The van der Waals surface area contributed by atoms with Gasteiger partial charge < -0.3 is 10.1 Å². The van der Waals surface area contributed by atoms with Crippen LogP contribution in [0.4, 0.5) is 10.8 Å². The molecule has 10 heteroatoms. The smallest absolute Gasteiger partial charge is 0.210 e. The zero-order valence-electron chi connectivity index (χ0n) is 16.2. The van der Waals surface area contributed by atoms with E-state index in [1.54, 1.807) is 23.6 Å². The van der Waals surface area contributed by atoms with Gasteiger partial charge in [-0.3, -0.25) is 0 Å². The fraction of sp³-hybridized carbons (Fsp3) is 0.211. The normalized spacial score (nSPS) is 10.9. The van der Waals surface area contributed by atoms with Gasteiger partial charge >= 0.3 is 0 Å². The van der Waals surface area contributed by atoms with Gasteiger partial charge in [0.05, 0.1) is 18.6 Å². The molecule has 0 aliphatic rings. The van der Waals surface area contributed by atoms with E-state index < -0.39 is 0 Å². The molecule has 0 saturated heterocycles. The van der Waals surface area contributed by atoms with E-state index in [4.69, 9.17) is 4.74 Å². The first-order valence-electron chi connectivity index (χ1n) is 8.85. The van der Waals surface area contributed by atoms with E-state index in [0.717, 1.165) is 43.5 Å². The summed E-state index contributed by atoms with van der Waals surface area (Å²) < 4.78 is 7.88. The molecule has 8 nitrogen and oxygen atoms in total. The van der Waals surface area contributed by atoms with E-state index in [9.17, 15) is 0 Å². The van der Waals surface area contributed by atoms with E-state index in [2.05, 4.69) is 57.0 Å². The lowest BCUT2D eigenvalue weighted by atomic mass is 10.1. The molecular weight excluding hydrogens is 406 g/mol. The molecule has 0 radical (unpaired) electrons. The van der Waals surface area contributed by atoms with Gasteiger partial charge in [-0.2, -0.15) is 4.68 Å². The van der Waals surface area contributed by atoms with Crippen LogP contribution >= 0.6 is 23.1 Å². The topological polar surface area (TPSA) is 90.6 Å². The molecule has 1 N–H and O–H groups in total. The van der Waals surface area contributed by atoms with Gasteiger partial charge in [-0.1, -0.05) is 47.4 Å². The second-order valence-electron chi connectivity index (χ2n) is 6.27. The number of tetrazole rings is 1. The van der Waals surface area contributed by atoms with E-state index in [0.29, 0.717) is 5.75 Å². The Morgan fingerprint density at radius 3 is 2.66 bits per heavy atom. The van der Waals surface area contributed by atoms with Crippen molar-refractivity contribution in [2.45, 2.75) is 23.9 Å². The third-order valence-corrected chi connectivity index (χ3v) is 6.21. The molecule has 29 heavy (non-hydrogen) atoms. The lowest BCUT2D eigenvalue weighted by Crippen LogP contribution is -2.06. The number of rotatable bonds is 7. The number of aromatic nitrogens is 6. The van der Waals surface area contributed by atoms with Crippen molar-refractivity contribution in [1.82, 2.24) is 30.4 Å². The molecule has 0 atom stereocenters. The maximum absolute atomic E-state index is 5.24. The van der Waals surface area contributed by atoms with Gasteiger partial charge in [0.2, 0.25) is 5.13 Å². The van der Waals surface area contributed by atoms with Crippen LogP contribution in [0.5, 0.6) is 5.75 Å². The van der Waals surface area contributed by atoms with Crippen molar-refractivity contribution in [3.05, 3.63) is 59.4 Å². The number of thioether (sulfide) groups is 1. The number of hydrogen-bond acceptors (Lipinski definition) is 9. The average Bonchev–Trinajstić information content (AvgIpc) is 3.36. The van der Waals surface area contributed by atoms with Crippen LogP contribution in [-0.4, -0.2) is 37.5 Å². The monoisotopic (exact) mass is 425 g/mol. The highest BCUT2D eigenvalue weighted by Gasteiger charge is 2.14. The van der Waals surface area contributed by atoms with E-state index in [1.807, 2.05) is 30.3 Å². The van der Waals surface area contributed by atoms with E-state index in [1.165, 1.54) is 11.3 Å². The molecule has 2 aromatic carbocycles. The second-order valence-corrected chi connectivity index (χ2v) is 8.47. The van der Waals surface area contributed by atoms with Gasteiger partial charge in [-0.05, 0) is 47.5 Å². The maximum Gasteiger partial charge on any atom is 0.210 e. The average molecular weight is 426 g/mol. The van der Waals surface area contributed by atoms with Gasteiger partial charge in [0.15, 0.2) is 10.2 Å². The number of benzene rings is 2. The molecule has 0 aliphatic carbocycles. The minimum absolute atomic E-state index is 0.592. The first-order valence-corrected chi connectivity index (χ1v) is 10.7. The van der Waals surface area contributed by atoms with E-state index in [-0.39, 0.29) is 0 Å². The summed E-state index contributed by atoms with van der Waals surface area (Å²) in [6.45, 7) is 4.12. The summed E-state index contributed by atoms with van der Waals surface area (Å²) in [6, 6.07) is 13.8. The first-order chi connectivity index (χ1) is 14.1. The number of nitrogens with zero attached hydrogens (tertiary/aromatic N) is 6. The number of methoxy groups -OCH3 is 1. The van der Waals surface area contributed by atoms with E-state index >= 15 is 0 Å². The van der Waals surface area contributed by atoms with Crippen LogP contribution in [0, 0.1) is 13.8 Å². The quantitative estimate of drug-likeness (QED) is 0.441. The van der Waals surface area contributed by atoms with Crippen molar-refractivity contribution >= 4 is 33.9 Å². The van der Waals surface area contributed by atoms with Gasteiger partial charge in [-0.15, -0.1) is 15.3 Å². The molecule has 4 rings (SSSR count). The van der Waals surface area contributed by atoms with Gasteiger partial charge in [0.1, 0.15) is 5.75 Å². The van der Waals surface area contributed by atoms with Crippen LogP contribution in [0.15, 0.2) is 46.8 Å². The van der Waals surface area contributed by atoms with Gasteiger partial charge in [-0.25, -0.2) is 0 Å². The fourth-order valence-electron chi connectivity index (χ4n) is 2.88. The van der Waals surface area contributed by atoms with Crippen LogP contribution in [-0.2, 0) is 5.75 Å². The first kappa shape index (κ1) is 19.3. The third-order valence-electron chi connectivity index (χ3n) is 4.24. The Kier molecular flexibility index (Phi) is 5.72. The molecule has 2 aromatic heterocycles. The Morgan fingerprint density at radius 2 is 1.86 bits per heavy atom. The molecule has 148 valence electrons. The molecule has 0 spiro atoms. The summed E-state index contributed by atoms with van der Waals surface area (Å²) in [7, 11) is 1.64. The highest BCUT2D eigenvalue weighted by atomic mass is 32.2. The Hall–Kier alpha value is -2.98. The number of hydrogen-bond donors (Lipinski definition) is 1. The van der Waals surface area contributed by atoms with Crippen LogP contribution < -0.4 is 10.1 Å². The SMILES string of the molecule is COc1cccc(Nc2nnc(SCc3nnnn3-c3c(C)cccc3C)s2)c1. The van der Waals surface area contributed by atoms with Crippen LogP contribution in [0.1, 0.15) is 17.0 Å². The number of ether oxygens (including phenoxy) is 1. The van der Waals surface area contributed by atoms with Crippen molar-refractivity contribution in [3.63, 3.8) is 0 Å². The molecule has 0 saturated carbocycles. The molecule has 0 amide bonds. The zero-order valence-corrected chi connectivity index (χ0v) is 17.8. The van der Waals surface area contributed by atoms with Crippen molar-refractivity contribution in [1.29, 1.82) is 0 Å². The Bertz CT molecular complexity index is 1100. The minimum atomic E-state index is 0.592. The Labute approximate surface area is 176 Å². The summed E-state index contributed by atoms with van der Waals surface area (Å²) in [5.74, 6) is 2.14. The van der Waals surface area contributed by atoms with Crippen LogP contribution in [0.2, 0.25) is 0 Å². The molecule has 4 aromatic rings. The maximum atomic E-state index is 5.24. The standard InChI is InChI=1S/C19H19N7OS2/c1-12-6-4-7-13(2)17(12)26-16(21-24-25-26)11-28-19-23-22-18(29-19)20-14-8-5-9-15(10-14)27-3/h4-10H,11H2,1-3H3,(H,20,22). The summed E-state index contributed by atoms with van der Waals surface area (Å²) in [5, 5.41) is 24.7. The number of aryl methyl sites for hydroxylation is 2. The van der Waals surface area contributed by atoms with Crippen LogP contribution in [0.25, 0.3) is 5.69 Å². The number of anilines is 2. The highest BCUT2D eigenvalue weighted by molar-refractivity contribution is 8.00.